The predicted octanol–water partition coefficient (Wildman–Crippen LogP) is 1.96. The first kappa shape index (κ1) is 10.3. The number of aldehydes is 1. The summed E-state index contributed by atoms with van der Waals surface area (Å²) in [7, 11) is 1.52. The topological polar surface area (TPSA) is 52.1 Å². The fourth-order valence-electron chi connectivity index (χ4n) is 1.44. The molecule has 0 unspecified atom stereocenters. The molecule has 0 fully saturated rings. The number of hydrogen-bond donors (Lipinski definition) is 0. The first-order chi connectivity index (χ1) is 7.85. The first-order valence-electron chi connectivity index (χ1n) is 4.76. The fourth-order valence-corrected chi connectivity index (χ4v) is 1.44. The summed E-state index contributed by atoms with van der Waals surface area (Å²) < 4.78 is 4.97. The van der Waals surface area contributed by atoms with Crippen LogP contribution in [0.1, 0.15) is 10.5 Å². The highest BCUT2D eigenvalue weighted by molar-refractivity contribution is 5.85. The smallest absolute Gasteiger partial charge is 0.213 e. The van der Waals surface area contributed by atoms with Crippen molar-refractivity contribution in [2.45, 2.75) is 0 Å². The van der Waals surface area contributed by atoms with E-state index in [2.05, 4.69) is 9.97 Å². The number of aromatic nitrogens is 2. The van der Waals surface area contributed by atoms with E-state index in [9.17, 15) is 4.79 Å². The standard InChI is InChI=1S/C12H10N2O2/c1-16-12-3-2-10(11(8-15)14-12)9-4-6-13-7-5-9/h2-8H,1H3. The second-order valence-electron chi connectivity index (χ2n) is 3.14. The summed E-state index contributed by atoms with van der Waals surface area (Å²) in [6.07, 6.45) is 4.07. The van der Waals surface area contributed by atoms with E-state index in [0.717, 1.165) is 17.4 Å². The Bertz CT molecular complexity index is 498. The van der Waals surface area contributed by atoms with Crippen molar-refractivity contribution in [2.24, 2.45) is 0 Å². The number of carbonyl (C=O) groups excluding carboxylic acids is 1. The van der Waals surface area contributed by atoms with Gasteiger partial charge in [-0.25, -0.2) is 4.98 Å². The quantitative estimate of drug-likeness (QED) is 0.733. The van der Waals surface area contributed by atoms with Crippen LogP contribution in [0.2, 0.25) is 0 Å². The van der Waals surface area contributed by atoms with Gasteiger partial charge in [0.2, 0.25) is 5.88 Å². The summed E-state index contributed by atoms with van der Waals surface area (Å²) in [4.78, 5) is 18.9. The van der Waals surface area contributed by atoms with Crippen molar-refractivity contribution >= 4 is 6.29 Å². The maximum Gasteiger partial charge on any atom is 0.213 e. The maximum atomic E-state index is 10.9. The molecule has 4 nitrogen and oxygen atoms in total. The van der Waals surface area contributed by atoms with Crippen LogP contribution in [-0.4, -0.2) is 23.4 Å². The summed E-state index contributed by atoms with van der Waals surface area (Å²) in [6.45, 7) is 0. The van der Waals surface area contributed by atoms with E-state index >= 15 is 0 Å². The van der Waals surface area contributed by atoms with Gasteiger partial charge < -0.3 is 4.74 Å². The number of carbonyl (C=O) groups is 1. The van der Waals surface area contributed by atoms with E-state index in [4.69, 9.17) is 4.74 Å². The van der Waals surface area contributed by atoms with Crippen molar-refractivity contribution in [3.05, 3.63) is 42.4 Å². The van der Waals surface area contributed by atoms with Crippen LogP contribution in [0, 0.1) is 0 Å². The molecular formula is C12H10N2O2. The molecule has 0 atom stereocenters. The minimum Gasteiger partial charge on any atom is -0.481 e. The minimum atomic E-state index is 0.366. The summed E-state index contributed by atoms with van der Waals surface area (Å²) in [5.41, 5.74) is 2.05. The van der Waals surface area contributed by atoms with Crippen LogP contribution in [0.4, 0.5) is 0 Å². The second-order valence-corrected chi connectivity index (χ2v) is 3.14. The lowest BCUT2D eigenvalue weighted by Gasteiger charge is -2.05. The Labute approximate surface area is 92.9 Å². The van der Waals surface area contributed by atoms with Gasteiger partial charge in [-0.2, -0.15) is 0 Å². The molecule has 0 saturated heterocycles. The third kappa shape index (κ3) is 1.91. The third-order valence-electron chi connectivity index (χ3n) is 2.21. The highest BCUT2D eigenvalue weighted by Gasteiger charge is 2.07. The molecule has 16 heavy (non-hydrogen) atoms. The zero-order valence-electron chi connectivity index (χ0n) is 8.75. The van der Waals surface area contributed by atoms with E-state index in [1.165, 1.54) is 7.11 Å². The monoisotopic (exact) mass is 214 g/mol. The summed E-state index contributed by atoms with van der Waals surface area (Å²) >= 11 is 0. The number of hydrogen-bond acceptors (Lipinski definition) is 4. The maximum absolute atomic E-state index is 10.9. The van der Waals surface area contributed by atoms with E-state index in [1.54, 1.807) is 18.5 Å². The van der Waals surface area contributed by atoms with Crippen LogP contribution in [0.15, 0.2) is 36.7 Å². The highest BCUT2D eigenvalue weighted by Crippen LogP contribution is 2.22. The molecule has 0 aliphatic heterocycles. The van der Waals surface area contributed by atoms with Crippen LogP contribution in [0.5, 0.6) is 5.88 Å². The first-order valence-corrected chi connectivity index (χ1v) is 4.76. The SMILES string of the molecule is COc1ccc(-c2ccncc2)c(C=O)n1. The summed E-state index contributed by atoms with van der Waals surface area (Å²) in [6, 6.07) is 7.20. The van der Waals surface area contributed by atoms with E-state index in [0.29, 0.717) is 11.6 Å². The van der Waals surface area contributed by atoms with Crippen LogP contribution in [0.3, 0.4) is 0 Å². The Morgan fingerprint density at radius 2 is 1.94 bits per heavy atom. The Balaban J connectivity index is 2.53. The number of ether oxygens (including phenoxy) is 1. The third-order valence-corrected chi connectivity index (χ3v) is 2.21. The van der Waals surface area contributed by atoms with Crippen LogP contribution < -0.4 is 4.74 Å². The van der Waals surface area contributed by atoms with E-state index in [-0.39, 0.29) is 0 Å². The van der Waals surface area contributed by atoms with Gasteiger partial charge in [-0.1, -0.05) is 0 Å². The van der Waals surface area contributed by atoms with Crippen molar-refractivity contribution < 1.29 is 9.53 Å². The number of rotatable bonds is 3. The Hall–Kier alpha value is -2.23. The van der Waals surface area contributed by atoms with Gasteiger partial charge in [0.05, 0.1) is 7.11 Å². The molecule has 0 bridgehead atoms. The van der Waals surface area contributed by atoms with Gasteiger partial charge in [0.15, 0.2) is 6.29 Å². The molecule has 0 amide bonds. The van der Waals surface area contributed by atoms with Gasteiger partial charge in [0.25, 0.3) is 0 Å². The van der Waals surface area contributed by atoms with Crippen LogP contribution >= 0.6 is 0 Å². The Morgan fingerprint density at radius 3 is 2.56 bits per heavy atom. The minimum absolute atomic E-state index is 0.366. The lowest BCUT2D eigenvalue weighted by Crippen LogP contribution is -1.95. The second kappa shape index (κ2) is 4.53. The lowest BCUT2D eigenvalue weighted by molar-refractivity contribution is 0.111. The van der Waals surface area contributed by atoms with Crippen molar-refractivity contribution in [3.8, 4) is 17.0 Å². The molecule has 0 saturated carbocycles. The van der Waals surface area contributed by atoms with Gasteiger partial charge in [-0.05, 0) is 23.8 Å². The summed E-state index contributed by atoms with van der Waals surface area (Å²) in [5.74, 6) is 0.430. The van der Waals surface area contributed by atoms with Crippen molar-refractivity contribution in [2.75, 3.05) is 7.11 Å². The van der Waals surface area contributed by atoms with Crippen molar-refractivity contribution in [1.29, 1.82) is 0 Å². The molecule has 2 aromatic heterocycles. The Morgan fingerprint density at radius 1 is 1.19 bits per heavy atom. The molecular weight excluding hydrogens is 204 g/mol. The number of methoxy groups -OCH3 is 1. The molecule has 2 heterocycles. The Kier molecular flexibility index (Phi) is 2.91. The van der Waals surface area contributed by atoms with E-state index < -0.39 is 0 Å². The average Bonchev–Trinajstić information content (AvgIpc) is 2.39. The molecule has 2 aromatic rings. The molecule has 0 spiro atoms. The van der Waals surface area contributed by atoms with Gasteiger partial charge in [-0.3, -0.25) is 9.78 Å². The van der Waals surface area contributed by atoms with Crippen molar-refractivity contribution in [1.82, 2.24) is 9.97 Å². The largest absolute Gasteiger partial charge is 0.481 e. The molecule has 80 valence electrons. The van der Waals surface area contributed by atoms with Crippen LogP contribution in [-0.2, 0) is 0 Å². The predicted molar refractivity (Wildman–Crippen MR) is 59.4 cm³/mol. The van der Waals surface area contributed by atoms with Gasteiger partial charge in [-0.15, -0.1) is 0 Å². The molecule has 0 N–H and O–H groups in total. The highest BCUT2D eigenvalue weighted by atomic mass is 16.5. The molecule has 0 radical (unpaired) electrons. The number of pyridine rings is 2. The van der Waals surface area contributed by atoms with Gasteiger partial charge >= 0.3 is 0 Å². The molecule has 2 rings (SSSR count). The fraction of sp³-hybridized carbons (Fsp3) is 0.0833. The lowest BCUT2D eigenvalue weighted by atomic mass is 10.1. The van der Waals surface area contributed by atoms with Crippen molar-refractivity contribution in [3.63, 3.8) is 0 Å². The molecule has 0 aliphatic carbocycles. The van der Waals surface area contributed by atoms with Gasteiger partial charge in [0, 0.05) is 24.0 Å². The van der Waals surface area contributed by atoms with Crippen LogP contribution in [0.25, 0.3) is 11.1 Å². The molecule has 0 aromatic carbocycles. The summed E-state index contributed by atoms with van der Waals surface area (Å²) in [5, 5.41) is 0. The average molecular weight is 214 g/mol. The van der Waals surface area contributed by atoms with E-state index in [1.807, 2.05) is 18.2 Å². The molecule has 4 heteroatoms. The normalized spacial score (nSPS) is 9.81. The van der Waals surface area contributed by atoms with Gasteiger partial charge in [0.1, 0.15) is 5.69 Å². The zero-order valence-corrected chi connectivity index (χ0v) is 8.75. The number of nitrogens with zero attached hydrogens (tertiary/aromatic N) is 2. The molecule has 0 aliphatic rings. The zero-order chi connectivity index (χ0) is 11.4.